The van der Waals surface area contributed by atoms with Crippen molar-refractivity contribution >= 4 is 27.5 Å². The van der Waals surface area contributed by atoms with E-state index in [4.69, 9.17) is 4.74 Å². The number of aryl methyl sites for hydroxylation is 1. The van der Waals surface area contributed by atoms with Gasteiger partial charge in [-0.2, -0.15) is 0 Å². The van der Waals surface area contributed by atoms with Crippen molar-refractivity contribution in [3.63, 3.8) is 0 Å². The molecule has 1 N–H and O–H groups in total. The van der Waals surface area contributed by atoms with Gasteiger partial charge in [0.15, 0.2) is 12.4 Å². The van der Waals surface area contributed by atoms with E-state index < -0.39 is 28.4 Å². The van der Waals surface area contributed by atoms with Crippen molar-refractivity contribution in [3.8, 4) is 5.75 Å². The summed E-state index contributed by atoms with van der Waals surface area (Å²) in [6, 6.07) is 9.47. The Hall–Kier alpha value is -2.87. The highest BCUT2D eigenvalue weighted by Crippen LogP contribution is 2.31. The van der Waals surface area contributed by atoms with Gasteiger partial charge in [-0.3, -0.25) is 9.10 Å². The normalized spacial score (nSPS) is 13.3. The lowest BCUT2D eigenvalue weighted by Crippen LogP contribution is -2.30. The number of ketones is 1. The van der Waals surface area contributed by atoms with Gasteiger partial charge in [0.25, 0.3) is 0 Å². The van der Waals surface area contributed by atoms with Gasteiger partial charge in [-0.1, -0.05) is 12.1 Å². The molecule has 0 spiro atoms. The highest BCUT2D eigenvalue weighted by molar-refractivity contribution is 7.92. The summed E-state index contributed by atoms with van der Waals surface area (Å²) < 4.78 is 30.7. The van der Waals surface area contributed by atoms with Gasteiger partial charge in [0.05, 0.1) is 11.4 Å². The van der Waals surface area contributed by atoms with Crippen LogP contribution >= 0.6 is 0 Å². The maximum atomic E-state index is 12.4. The number of aromatic hydroxyl groups is 1. The molecule has 8 heteroatoms. The average Bonchev–Trinajstić information content (AvgIpc) is 3.12. The summed E-state index contributed by atoms with van der Waals surface area (Å²) in [4.78, 5) is 24.5. The van der Waals surface area contributed by atoms with Gasteiger partial charge in [0.1, 0.15) is 11.3 Å². The molecule has 2 aromatic rings. The molecule has 148 valence electrons. The number of phenols is 1. The topological polar surface area (TPSA) is 101 Å². The van der Waals surface area contributed by atoms with Gasteiger partial charge in [-0.15, -0.1) is 0 Å². The van der Waals surface area contributed by atoms with E-state index in [0.717, 1.165) is 5.56 Å². The Kier molecular flexibility index (Phi) is 5.42. The molecule has 7 nitrogen and oxygen atoms in total. The van der Waals surface area contributed by atoms with Gasteiger partial charge in [0.2, 0.25) is 10.0 Å². The molecule has 0 amide bonds. The maximum absolute atomic E-state index is 12.4. The Labute approximate surface area is 163 Å². The molecule has 28 heavy (non-hydrogen) atoms. The monoisotopic (exact) mass is 403 g/mol. The van der Waals surface area contributed by atoms with Crippen LogP contribution in [0.3, 0.4) is 0 Å². The first-order valence-electron chi connectivity index (χ1n) is 8.87. The lowest BCUT2D eigenvalue weighted by molar-refractivity contribution is 0.0471. The minimum absolute atomic E-state index is 0.00201. The van der Waals surface area contributed by atoms with Crippen LogP contribution in [0.1, 0.15) is 38.8 Å². The summed E-state index contributed by atoms with van der Waals surface area (Å²) in [5, 5.41) is 9.93. The molecule has 2 aromatic carbocycles. The van der Waals surface area contributed by atoms with Gasteiger partial charge in [-0.05, 0) is 55.7 Å². The fraction of sp³-hybridized carbons (Fsp3) is 0.300. The van der Waals surface area contributed by atoms with Crippen molar-refractivity contribution in [1.82, 2.24) is 0 Å². The molecular weight excluding hydrogens is 382 g/mol. The second-order valence-corrected chi connectivity index (χ2v) is 8.72. The molecule has 0 saturated heterocycles. The first kappa shape index (κ1) is 19.9. The Morgan fingerprint density at radius 1 is 1.21 bits per heavy atom. The van der Waals surface area contributed by atoms with Crippen LogP contribution in [0.15, 0.2) is 36.4 Å². The Morgan fingerprint density at radius 2 is 1.96 bits per heavy atom. The molecule has 0 unspecified atom stereocenters. The first-order chi connectivity index (χ1) is 13.2. The number of esters is 1. The minimum Gasteiger partial charge on any atom is -0.507 e. The molecule has 0 aliphatic carbocycles. The first-order valence-corrected chi connectivity index (χ1v) is 10.5. The van der Waals surface area contributed by atoms with Gasteiger partial charge >= 0.3 is 5.97 Å². The second-order valence-electron chi connectivity index (χ2n) is 6.54. The molecule has 1 aliphatic heterocycles. The largest absolute Gasteiger partial charge is 0.507 e. The summed E-state index contributed by atoms with van der Waals surface area (Å²) >= 11 is 0. The molecular formula is C20H21NO6S. The van der Waals surface area contributed by atoms with E-state index in [-0.39, 0.29) is 17.1 Å². The van der Waals surface area contributed by atoms with Crippen molar-refractivity contribution in [2.75, 3.05) is 23.2 Å². The predicted molar refractivity (Wildman–Crippen MR) is 104 cm³/mol. The zero-order chi connectivity index (χ0) is 20.5. The second kappa shape index (κ2) is 7.63. The van der Waals surface area contributed by atoms with Crippen LogP contribution < -0.4 is 4.31 Å². The Balaban J connectivity index is 1.71. The average molecular weight is 403 g/mol. The third-order valence-electron chi connectivity index (χ3n) is 4.75. The number of hydrogen-bond donors (Lipinski definition) is 1. The lowest BCUT2D eigenvalue weighted by atomic mass is 10.1. The maximum Gasteiger partial charge on any atom is 0.342 e. The lowest BCUT2D eigenvalue weighted by Gasteiger charge is -2.18. The molecule has 0 bridgehead atoms. The van der Waals surface area contributed by atoms with Gasteiger partial charge < -0.3 is 9.84 Å². The fourth-order valence-corrected chi connectivity index (χ4v) is 4.26. The summed E-state index contributed by atoms with van der Waals surface area (Å²) in [6.45, 7) is 3.13. The number of sulfonamides is 1. The van der Waals surface area contributed by atoms with Crippen molar-refractivity contribution in [1.29, 1.82) is 0 Å². The zero-order valence-corrected chi connectivity index (χ0v) is 16.5. The number of benzene rings is 2. The van der Waals surface area contributed by atoms with E-state index in [0.29, 0.717) is 29.8 Å². The van der Waals surface area contributed by atoms with E-state index in [1.54, 1.807) is 38.1 Å². The Morgan fingerprint density at radius 3 is 2.68 bits per heavy atom. The predicted octanol–water partition coefficient (Wildman–Crippen LogP) is 2.45. The van der Waals surface area contributed by atoms with Crippen molar-refractivity contribution in [2.24, 2.45) is 0 Å². The van der Waals surface area contributed by atoms with Crippen LogP contribution in [0.5, 0.6) is 5.75 Å². The Bertz CT molecular complexity index is 1040. The number of carbonyl (C=O) groups excluding carboxylic acids is 2. The molecule has 0 saturated carbocycles. The number of ether oxygens (including phenoxy) is 1. The van der Waals surface area contributed by atoms with Crippen molar-refractivity contribution in [2.45, 2.75) is 20.3 Å². The number of anilines is 1. The molecule has 0 atom stereocenters. The van der Waals surface area contributed by atoms with Gasteiger partial charge in [-0.25, -0.2) is 13.2 Å². The zero-order valence-electron chi connectivity index (χ0n) is 15.6. The van der Waals surface area contributed by atoms with Crippen LogP contribution in [0, 0.1) is 6.92 Å². The number of hydrogen-bond acceptors (Lipinski definition) is 6. The number of para-hydroxylation sites is 1. The SMILES string of the molecule is CCS(=O)(=O)N1CCc2cc(C(=O)COC(=O)c3cccc(C)c3O)ccc21. The fourth-order valence-electron chi connectivity index (χ4n) is 3.11. The highest BCUT2D eigenvalue weighted by atomic mass is 32.2. The van der Waals surface area contributed by atoms with Crippen molar-refractivity contribution in [3.05, 3.63) is 58.7 Å². The summed E-state index contributed by atoms with van der Waals surface area (Å²) in [6.07, 6.45) is 0.520. The number of Topliss-reactive ketones (excluding diaryl/α,β-unsaturated/α-hetero) is 1. The molecule has 1 heterocycles. The highest BCUT2D eigenvalue weighted by Gasteiger charge is 2.28. The van der Waals surface area contributed by atoms with Crippen LogP contribution in [0.4, 0.5) is 5.69 Å². The van der Waals surface area contributed by atoms with E-state index in [2.05, 4.69) is 0 Å². The quantitative estimate of drug-likeness (QED) is 0.587. The van der Waals surface area contributed by atoms with E-state index >= 15 is 0 Å². The molecule has 1 aliphatic rings. The van der Waals surface area contributed by atoms with Gasteiger partial charge in [0, 0.05) is 12.1 Å². The smallest absolute Gasteiger partial charge is 0.342 e. The number of nitrogens with zero attached hydrogens (tertiary/aromatic N) is 1. The van der Waals surface area contributed by atoms with Crippen LogP contribution in [-0.2, 0) is 21.2 Å². The van der Waals surface area contributed by atoms with E-state index in [9.17, 15) is 23.1 Å². The standard InChI is InChI=1S/C20H21NO6S/c1-3-28(25,26)21-10-9-14-11-15(7-8-17(14)21)18(22)12-27-20(24)16-6-4-5-13(2)19(16)23/h4-8,11,23H,3,9-10,12H2,1-2H3. The summed E-state index contributed by atoms with van der Waals surface area (Å²) in [5.74, 6) is -1.35. The number of rotatable bonds is 6. The van der Waals surface area contributed by atoms with Crippen LogP contribution in [0.25, 0.3) is 0 Å². The number of fused-ring (bicyclic) bond motifs is 1. The third kappa shape index (κ3) is 3.73. The number of phenolic OH excluding ortho intramolecular Hbond substituents is 1. The molecule has 0 radical (unpaired) electrons. The molecule has 0 fully saturated rings. The van der Waals surface area contributed by atoms with E-state index in [1.807, 2.05) is 0 Å². The van der Waals surface area contributed by atoms with Crippen LogP contribution in [0.2, 0.25) is 0 Å². The minimum atomic E-state index is -3.35. The van der Waals surface area contributed by atoms with Crippen molar-refractivity contribution < 1.29 is 27.9 Å². The summed E-state index contributed by atoms with van der Waals surface area (Å²) in [5.41, 5.74) is 2.23. The van der Waals surface area contributed by atoms with E-state index in [1.165, 1.54) is 16.4 Å². The summed E-state index contributed by atoms with van der Waals surface area (Å²) in [7, 11) is -3.35. The molecule has 0 aromatic heterocycles. The van der Waals surface area contributed by atoms with Crippen LogP contribution in [-0.4, -0.2) is 44.2 Å². The number of carbonyl (C=O) groups is 2. The molecule has 3 rings (SSSR count). The third-order valence-corrected chi connectivity index (χ3v) is 6.53.